The highest BCUT2D eigenvalue weighted by molar-refractivity contribution is 7.18. The van der Waals surface area contributed by atoms with Crippen LogP contribution in [0.4, 0.5) is 0 Å². The number of carbonyl (C=O) groups is 1. The fourth-order valence-electron chi connectivity index (χ4n) is 3.91. The summed E-state index contributed by atoms with van der Waals surface area (Å²) in [5.41, 5.74) is 2.32. The molecule has 2 aromatic heterocycles. The molecule has 0 amide bonds. The van der Waals surface area contributed by atoms with Crippen molar-refractivity contribution < 1.29 is 9.53 Å². The van der Waals surface area contributed by atoms with E-state index < -0.39 is 11.7 Å². The van der Waals surface area contributed by atoms with Gasteiger partial charge in [0.15, 0.2) is 0 Å². The van der Waals surface area contributed by atoms with Crippen LogP contribution >= 0.6 is 11.3 Å². The molecule has 3 aromatic rings. The lowest BCUT2D eigenvalue weighted by Crippen LogP contribution is -2.41. The molecule has 0 unspecified atom stereocenters. The maximum absolute atomic E-state index is 13.4. The number of thiophene rings is 1. The van der Waals surface area contributed by atoms with E-state index in [-0.39, 0.29) is 25.3 Å². The molecule has 0 fully saturated rings. The second-order valence-electron chi connectivity index (χ2n) is 7.44. The van der Waals surface area contributed by atoms with Crippen molar-refractivity contribution in [2.45, 2.75) is 52.6 Å². The van der Waals surface area contributed by atoms with Crippen molar-refractivity contribution in [3.63, 3.8) is 0 Å². The Kier molecular flexibility index (Phi) is 5.41. The molecular formula is C22H24N2O4S. The Morgan fingerprint density at radius 1 is 1.10 bits per heavy atom. The second-order valence-corrected chi connectivity index (χ2v) is 8.53. The Labute approximate surface area is 172 Å². The summed E-state index contributed by atoms with van der Waals surface area (Å²) < 4.78 is 7.75. The molecule has 7 heteroatoms. The Bertz CT molecular complexity index is 1180. The highest BCUT2D eigenvalue weighted by atomic mass is 32.1. The molecule has 29 heavy (non-hydrogen) atoms. The standard InChI is InChI=1S/C22H24N2O4S/c1-3-28-18(25)13-24-21-19(16-6-4-5-7-17(16)29-21)20(26)23(22(24)27)12-15-10-8-14(2)9-11-15/h8-11H,3-7,12-13H2,1-2H3. The van der Waals surface area contributed by atoms with E-state index in [1.807, 2.05) is 31.2 Å². The number of carbonyl (C=O) groups excluding carboxylic acids is 1. The van der Waals surface area contributed by atoms with E-state index in [4.69, 9.17) is 4.74 Å². The van der Waals surface area contributed by atoms with Crippen LogP contribution in [0.15, 0.2) is 33.9 Å². The van der Waals surface area contributed by atoms with Crippen molar-refractivity contribution >= 4 is 27.5 Å². The van der Waals surface area contributed by atoms with Gasteiger partial charge in [-0.3, -0.25) is 18.7 Å². The lowest BCUT2D eigenvalue weighted by molar-refractivity contribution is -0.143. The van der Waals surface area contributed by atoms with Crippen LogP contribution in [-0.4, -0.2) is 21.7 Å². The van der Waals surface area contributed by atoms with Crippen molar-refractivity contribution in [3.05, 3.63) is 66.7 Å². The van der Waals surface area contributed by atoms with Gasteiger partial charge in [0, 0.05) is 4.88 Å². The van der Waals surface area contributed by atoms with Crippen molar-refractivity contribution in [1.82, 2.24) is 9.13 Å². The fraction of sp³-hybridized carbons (Fsp3) is 0.409. The Hall–Kier alpha value is -2.67. The molecule has 1 aromatic carbocycles. The lowest BCUT2D eigenvalue weighted by Gasteiger charge is -2.13. The third-order valence-corrected chi connectivity index (χ3v) is 6.69. The maximum atomic E-state index is 13.4. The van der Waals surface area contributed by atoms with Gasteiger partial charge < -0.3 is 4.74 Å². The van der Waals surface area contributed by atoms with Crippen LogP contribution < -0.4 is 11.2 Å². The van der Waals surface area contributed by atoms with Gasteiger partial charge in [-0.2, -0.15) is 0 Å². The monoisotopic (exact) mass is 412 g/mol. The third-order valence-electron chi connectivity index (χ3n) is 5.37. The summed E-state index contributed by atoms with van der Waals surface area (Å²) in [5, 5.41) is 0.598. The largest absolute Gasteiger partial charge is 0.465 e. The minimum Gasteiger partial charge on any atom is -0.465 e. The Morgan fingerprint density at radius 2 is 1.83 bits per heavy atom. The lowest BCUT2D eigenvalue weighted by atomic mass is 9.97. The first-order valence-corrected chi connectivity index (χ1v) is 10.8. The van der Waals surface area contributed by atoms with Crippen LogP contribution in [0.2, 0.25) is 0 Å². The average molecular weight is 413 g/mol. The van der Waals surface area contributed by atoms with Crippen LogP contribution in [0.25, 0.3) is 10.2 Å². The summed E-state index contributed by atoms with van der Waals surface area (Å²) in [7, 11) is 0. The van der Waals surface area contributed by atoms with E-state index in [2.05, 4.69) is 0 Å². The van der Waals surface area contributed by atoms with Crippen molar-refractivity contribution in [3.8, 4) is 0 Å². The van der Waals surface area contributed by atoms with Crippen LogP contribution in [0.1, 0.15) is 41.3 Å². The maximum Gasteiger partial charge on any atom is 0.332 e. The van der Waals surface area contributed by atoms with E-state index in [9.17, 15) is 14.4 Å². The van der Waals surface area contributed by atoms with Crippen molar-refractivity contribution in [1.29, 1.82) is 0 Å². The molecule has 0 N–H and O–H groups in total. The number of fused-ring (bicyclic) bond motifs is 3. The fourth-order valence-corrected chi connectivity index (χ4v) is 5.28. The molecule has 0 bridgehead atoms. The quantitative estimate of drug-likeness (QED) is 0.604. The summed E-state index contributed by atoms with van der Waals surface area (Å²) in [6.07, 6.45) is 3.87. The Morgan fingerprint density at radius 3 is 2.55 bits per heavy atom. The molecule has 0 spiro atoms. The van der Waals surface area contributed by atoms with Gasteiger partial charge in [0.05, 0.1) is 18.5 Å². The molecule has 1 aliphatic rings. The highest BCUT2D eigenvalue weighted by Gasteiger charge is 2.24. The van der Waals surface area contributed by atoms with E-state index >= 15 is 0 Å². The van der Waals surface area contributed by atoms with Gasteiger partial charge in [0.2, 0.25) is 0 Å². The van der Waals surface area contributed by atoms with E-state index in [1.54, 1.807) is 6.92 Å². The van der Waals surface area contributed by atoms with E-state index in [0.29, 0.717) is 10.2 Å². The molecule has 4 rings (SSSR count). The van der Waals surface area contributed by atoms with E-state index in [1.165, 1.54) is 20.5 Å². The summed E-state index contributed by atoms with van der Waals surface area (Å²) >= 11 is 1.47. The van der Waals surface area contributed by atoms with Crippen molar-refractivity contribution in [2.24, 2.45) is 0 Å². The first-order valence-electron chi connectivity index (χ1n) is 9.98. The number of hydrogen-bond donors (Lipinski definition) is 0. The number of hydrogen-bond acceptors (Lipinski definition) is 5. The predicted octanol–water partition coefficient (Wildman–Crippen LogP) is 3.02. The van der Waals surface area contributed by atoms with Gasteiger partial charge in [-0.1, -0.05) is 29.8 Å². The smallest absolute Gasteiger partial charge is 0.332 e. The van der Waals surface area contributed by atoms with Gasteiger partial charge >= 0.3 is 11.7 Å². The minimum atomic E-state index is -0.470. The number of aromatic nitrogens is 2. The van der Waals surface area contributed by atoms with Gasteiger partial charge in [-0.05, 0) is 50.7 Å². The van der Waals surface area contributed by atoms with Crippen LogP contribution in [0, 0.1) is 6.92 Å². The molecule has 0 radical (unpaired) electrons. The summed E-state index contributed by atoms with van der Waals surface area (Å²) in [6.45, 7) is 3.98. The summed E-state index contributed by atoms with van der Waals surface area (Å²) in [6, 6.07) is 7.76. The Balaban J connectivity index is 1.92. The zero-order valence-corrected chi connectivity index (χ0v) is 17.5. The zero-order valence-electron chi connectivity index (χ0n) is 16.7. The number of aryl methyl sites for hydroxylation is 3. The molecule has 0 saturated carbocycles. The van der Waals surface area contributed by atoms with E-state index in [0.717, 1.165) is 47.3 Å². The van der Waals surface area contributed by atoms with Crippen LogP contribution in [0.5, 0.6) is 0 Å². The topological polar surface area (TPSA) is 70.3 Å². The molecular weight excluding hydrogens is 388 g/mol. The first-order chi connectivity index (χ1) is 14.0. The summed E-state index contributed by atoms with van der Waals surface area (Å²) in [5.74, 6) is -0.470. The number of ether oxygens (including phenoxy) is 1. The van der Waals surface area contributed by atoms with Crippen molar-refractivity contribution in [2.75, 3.05) is 6.61 Å². The van der Waals surface area contributed by atoms with Gasteiger partial charge in [-0.25, -0.2) is 4.79 Å². The van der Waals surface area contributed by atoms with Crippen LogP contribution in [-0.2, 0) is 35.5 Å². The number of benzene rings is 1. The van der Waals surface area contributed by atoms with Gasteiger partial charge in [-0.15, -0.1) is 11.3 Å². The minimum absolute atomic E-state index is 0.182. The number of esters is 1. The normalized spacial score (nSPS) is 13.4. The average Bonchev–Trinajstić information content (AvgIpc) is 3.10. The zero-order chi connectivity index (χ0) is 20.5. The third kappa shape index (κ3) is 3.67. The predicted molar refractivity (Wildman–Crippen MR) is 114 cm³/mol. The SMILES string of the molecule is CCOC(=O)Cn1c(=O)n(Cc2ccc(C)cc2)c(=O)c2c3c(sc21)CCCC3. The molecule has 0 saturated heterocycles. The molecule has 152 valence electrons. The van der Waals surface area contributed by atoms with Gasteiger partial charge in [0.25, 0.3) is 5.56 Å². The molecule has 2 heterocycles. The summed E-state index contributed by atoms with van der Waals surface area (Å²) in [4.78, 5) is 40.5. The highest BCUT2D eigenvalue weighted by Crippen LogP contribution is 2.34. The number of nitrogens with zero attached hydrogens (tertiary/aromatic N) is 2. The second kappa shape index (κ2) is 7.99. The van der Waals surface area contributed by atoms with Crippen LogP contribution in [0.3, 0.4) is 0 Å². The first kappa shape index (κ1) is 19.6. The molecule has 0 atom stereocenters. The molecule has 6 nitrogen and oxygen atoms in total. The molecule has 1 aliphatic carbocycles. The molecule has 0 aliphatic heterocycles. The van der Waals surface area contributed by atoms with Gasteiger partial charge in [0.1, 0.15) is 11.4 Å². The number of rotatable bonds is 5.